The number of carboxylic acids is 2. The lowest BCUT2D eigenvalue weighted by Crippen LogP contribution is -2.57. The molecule has 16 nitrogen and oxygen atoms in total. The zero-order chi connectivity index (χ0) is 27.8. The van der Waals surface area contributed by atoms with Crippen molar-refractivity contribution in [2.45, 2.75) is 62.7 Å². The number of rotatable bonds is 18. The zero-order valence-electron chi connectivity index (χ0n) is 19.5. The van der Waals surface area contributed by atoms with Crippen LogP contribution in [0.2, 0.25) is 0 Å². The number of aliphatic carboxylic acids is 2. The molecule has 4 amide bonds. The van der Waals surface area contributed by atoms with Crippen LogP contribution in [0.3, 0.4) is 0 Å². The summed E-state index contributed by atoms with van der Waals surface area (Å²) in [5.41, 5.74) is 21.1. The van der Waals surface area contributed by atoms with E-state index in [2.05, 4.69) is 33.6 Å². The molecule has 0 saturated carbocycles. The van der Waals surface area contributed by atoms with Gasteiger partial charge in [-0.05, 0) is 25.7 Å². The monoisotopic (exact) mass is 534 g/mol. The predicted octanol–water partition coefficient (Wildman–Crippen LogP) is -4.03. The number of carbonyl (C=O) groups is 6. The van der Waals surface area contributed by atoms with E-state index in [1.807, 2.05) is 0 Å². The predicted molar refractivity (Wildman–Crippen MR) is 130 cm³/mol. The summed E-state index contributed by atoms with van der Waals surface area (Å²) in [5.74, 6) is -6.28. The van der Waals surface area contributed by atoms with Crippen LogP contribution < -0.4 is 38.9 Å². The highest BCUT2D eigenvalue weighted by Gasteiger charge is 2.30. The number of hydrogen-bond acceptors (Lipinski definition) is 9. The van der Waals surface area contributed by atoms with Crippen molar-refractivity contribution in [1.82, 2.24) is 16.0 Å². The van der Waals surface area contributed by atoms with Gasteiger partial charge in [-0.15, -0.1) is 0 Å². The van der Waals surface area contributed by atoms with Crippen LogP contribution in [0, 0.1) is 0 Å². The number of aliphatic imine (C=N–C) groups is 1. The minimum absolute atomic E-state index is 0.0484. The van der Waals surface area contributed by atoms with Crippen molar-refractivity contribution in [3.63, 3.8) is 0 Å². The molecule has 0 aliphatic heterocycles. The molecule has 0 aliphatic rings. The fourth-order valence-electron chi connectivity index (χ4n) is 2.76. The van der Waals surface area contributed by atoms with E-state index in [1.54, 1.807) is 0 Å². The van der Waals surface area contributed by atoms with Gasteiger partial charge in [-0.25, -0.2) is 4.79 Å². The maximum atomic E-state index is 12.8. The van der Waals surface area contributed by atoms with Gasteiger partial charge in [-0.1, -0.05) is 0 Å². The van der Waals surface area contributed by atoms with E-state index in [0.29, 0.717) is 0 Å². The number of guanidine groups is 1. The Balaban J connectivity index is 5.55. The van der Waals surface area contributed by atoms with Crippen molar-refractivity contribution in [1.29, 1.82) is 0 Å². The van der Waals surface area contributed by atoms with Crippen LogP contribution in [0.5, 0.6) is 0 Å². The Kier molecular flexibility index (Phi) is 15.2. The summed E-state index contributed by atoms with van der Waals surface area (Å²) in [7, 11) is 0. The highest BCUT2D eigenvalue weighted by atomic mass is 32.1. The van der Waals surface area contributed by atoms with Crippen molar-refractivity contribution < 1.29 is 39.0 Å². The Morgan fingerprint density at radius 2 is 1.28 bits per heavy atom. The van der Waals surface area contributed by atoms with Gasteiger partial charge in [-0.3, -0.25) is 29.0 Å². The number of thiol groups is 1. The first kappa shape index (κ1) is 32.4. The third-order valence-corrected chi connectivity index (χ3v) is 5.08. The number of primary amides is 1. The molecule has 0 spiro atoms. The minimum atomic E-state index is -1.42. The summed E-state index contributed by atoms with van der Waals surface area (Å²) in [5, 5.41) is 25.2. The third-order valence-electron chi connectivity index (χ3n) is 4.69. The lowest BCUT2D eigenvalue weighted by Gasteiger charge is -2.24. The van der Waals surface area contributed by atoms with Crippen LogP contribution >= 0.6 is 12.6 Å². The van der Waals surface area contributed by atoms with E-state index in [4.69, 9.17) is 28.0 Å². The summed E-state index contributed by atoms with van der Waals surface area (Å²) in [6.45, 7) is 0.114. The van der Waals surface area contributed by atoms with Crippen molar-refractivity contribution in [3.8, 4) is 0 Å². The Bertz CT molecular complexity index is 836. The number of nitrogens with two attached hydrogens (primary N) is 4. The average Bonchev–Trinajstić information content (AvgIpc) is 2.79. The molecule has 0 aromatic rings. The van der Waals surface area contributed by atoms with Gasteiger partial charge in [0.05, 0.1) is 6.04 Å². The molecule has 4 atom stereocenters. The number of carboxylic acid groups (broad SMARTS) is 2. The van der Waals surface area contributed by atoms with E-state index in [-0.39, 0.29) is 50.4 Å². The average molecular weight is 535 g/mol. The van der Waals surface area contributed by atoms with Gasteiger partial charge in [0.1, 0.15) is 18.1 Å². The second-order valence-electron chi connectivity index (χ2n) is 7.70. The van der Waals surface area contributed by atoms with Crippen molar-refractivity contribution in [2.24, 2.45) is 27.9 Å². The normalized spacial score (nSPS) is 13.8. The van der Waals surface area contributed by atoms with Crippen LogP contribution in [0.4, 0.5) is 0 Å². The van der Waals surface area contributed by atoms with Crippen LogP contribution in [0.1, 0.15) is 38.5 Å². The zero-order valence-corrected chi connectivity index (χ0v) is 20.4. The Labute approximate surface area is 212 Å². The summed E-state index contributed by atoms with van der Waals surface area (Å²) in [6.07, 6.45) is -1.29. The summed E-state index contributed by atoms with van der Waals surface area (Å²) in [4.78, 5) is 75.2. The van der Waals surface area contributed by atoms with E-state index in [9.17, 15) is 33.9 Å². The van der Waals surface area contributed by atoms with E-state index in [0.717, 1.165) is 0 Å². The number of amides is 4. The molecule has 0 fully saturated rings. The fourth-order valence-corrected chi connectivity index (χ4v) is 2.93. The smallest absolute Gasteiger partial charge is 0.326 e. The number of hydrogen-bond donors (Lipinski definition) is 10. The van der Waals surface area contributed by atoms with Crippen molar-refractivity contribution in [2.75, 3.05) is 12.3 Å². The van der Waals surface area contributed by atoms with Gasteiger partial charge < -0.3 is 49.1 Å². The topological polar surface area (TPSA) is 295 Å². The number of nitrogens with one attached hydrogen (secondary N) is 3. The summed E-state index contributed by atoms with van der Waals surface area (Å²) in [6, 6.07) is -5.26. The molecule has 0 saturated heterocycles. The first-order valence-corrected chi connectivity index (χ1v) is 11.5. The van der Waals surface area contributed by atoms with Gasteiger partial charge in [0.25, 0.3) is 0 Å². The Morgan fingerprint density at radius 1 is 0.778 bits per heavy atom. The SMILES string of the molecule is NC(=O)CCC(NC(=O)C(CCC(=O)O)NC(=O)C(N)CS)C(=O)NC(CCCN=C(N)N)C(=O)O. The molecular weight excluding hydrogens is 500 g/mol. The lowest BCUT2D eigenvalue weighted by atomic mass is 10.1. The highest BCUT2D eigenvalue weighted by Crippen LogP contribution is 2.06. The van der Waals surface area contributed by atoms with E-state index in [1.165, 1.54) is 0 Å². The Morgan fingerprint density at radius 3 is 1.72 bits per heavy atom. The third kappa shape index (κ3) is 14.0. The van der Waals surface area contributed by atoms with Gasteiger partial charge >= 0.3 is 11.9 Å². The molecule has 36 heavy (non-hydrogen) atoms. The lowest BCUT2D eigenvalue weighted by molar-refractivity contribution is -0.142. The first-order chi connectivity index (χ1) is 16.8. The van der Waals surface area contributed by atoms with Crippen LogP contribution in [0.25, 0.3) is 0 Å². The number of carbonyl (C=O) groups excluding carboxylic acids is 4. The van der Waals surface area contributed by atoms with Crippen molar-refractivity contribution >= 4 is 54.2 Å². The summed E-state index contributed by atoms with van der Waals surface area (Å²) < 4.78 is 0. The van der Waals surface area contributed by atoms with Gasteiger partial charge in [0, 0.05) is 25.1 Å². The molecule has 0 bridgehead atoms. The molecule has 0 radical (unpaired) electrons. The van der Waals surface area contributed by atoms with Crippen LogP contribution in [-0.4, -0.2) is 88.2 Å². The second-order valence-corrected chi connectivity index (χ2v) is 8.06. The minimum Gasteiger partial charge on any atom is -0.481 e. The van der Waals surface area contributed by atoms with E-state index < -0.39 is 66.2 Å². The fraction of sp³-hybridized carbons (Fsp3) is 0.632. The first-order valence-electron chi connectivity index (χ1n) is 10.8. The highest BCUT2D eigenvalue weighted by molar-refractivity contribution is 7.80. The largest absolute Gasteiger partial charge is 0.481 e. The second kappa shape index (κ2) is 16.9. The molecule has 204 valence electrons. The van der Waals surface area contributed by atoms with Gasteiger partial charge in [0.2, 0.25) is 23.6 Å². The Hall–Kier alpha value is -3.60. The molecule has 4 unspecified atom stereocenters. The van der Waals surface area contributed by atoms with Crippen LogP contribution in [-0.2, 0) is 28.8 Å². The molecule has 0 aliphatic carbocycles. The molecule has 0 heterocycles. The molecular formula is C19H34N8O8S. The van der Waals surface area contributed by atoms with Crippen molar-refractivity contribution in [3.05, 3.63) is 0 Å². The maximum Gasteiger partial charge on any atom is 0.326 e. The maximum absolute atomic E-state index is 12.8. The summed E-state index contributed by atoms with van der Waals surface area (Å²) >= 11 is 3.89. The van der Waals surface area contributed by atoms with Gasteiger partial charge in [0.15, 0.2) is 5.96 Å². The molecule has 17 heteroatoms. The van der Waals surface area contributed by atoms with Gasteiger partial charge in [-0.2, -0.15) is 12.6 Å². The molecule has 13 N–H and O–H groups in total. The standard InChI is InChI=1S/C19H34N8O8S/c20-9(8-36)15(31)25-11(4-6-14(29)30)16(32)26-10(3-5-13(21)28)17(33)27-12(18(34)35)2-1-7-24-19(22)23/h9-12,36H,1-8,20H2,(H2,21,28)(H,25,31)(H,26,32)(H,27,33)(H,29,30)(H,34,35)(H4,22,23,24). The number of nitrogens with zero attached hydrogens (tertiary/aromatic N) is 1. The quantitative estimate of drug-likeness (QED) is 0.0349. The molecule has 0 rings (SSSR count). The van der Waals surface area contributed by atoms with Crippen LogP contribution in [0.15, 0.2) is 4.99 Å². The molecule has 0 aromatic carbocycles. The molecule has 0 aromatic heterocycles. The van der Waals surface area contributed by atoms with E-state index >= 15 is 0 Å².